The smallest absolute Gasteiger partial charge is 0.233 e. The van der Waals surface area contributed by atoms with Crippen LogP contribution in [0.2, 0.25) is 0 Å². The van der Waals surface area contributed by atoms with Crippen molar-refractivity contribution in [1.29, 1.82) is 0 Å². The summed E-state index contributed by atoms with van der Waals surface area (Å²) in [7, 11) is 0. The Morgan fingerprint density at radius 3 is 2.83 bits per heavy atom. The molecule has 0 aliphatic carbocycles. The summed E-state index contributed by atoms with van der Waals surface area (Å²) in [5.74, 6) is 1.15. The van der Waals surface area contributed by atoms with E-state index in [9.17, 15) is 9.90 Å². The molecule has 1 amide bonds. The summed E-state index contributed by atoms with van der Waals surface area (Å²) in [6.45, 7) is -0.0159. The molecule has 1 heterocycles. The van der Waals surface area contributed by atoms with E-state index in [1.807, 2.05) is 30.3 Å². The van der Waals surface area contributed by atoms with Crippen molar-refractivity contribution >= 4 is 17.7 Å². The Labute approximate surface area is 112 Å². The third kappa shape index (κ3) is 3.75. The Hall–Kier alpha value is -1.00. The van der Waals surface area contributed by atoms with Crippen molar-refractivity contribution in [3.05, 3.63) is 35.9 Å². The highest BCUT2D eigenvalue weighted by Crippen LogP contribution is 2.26. The summed E-state index contributed by atoms with van der Waals surface area (Å²) in [4.78, 5) is 12.0. The average molecular weight is 265 g/mol. The lowest BCUT2D eigenvalue weighted by molar-refractivity contribution is -0.121. The lowest BCUT2D eigenvalue weighted by atomic mass is 10.1. The number of amides is 1. The quantitative estimate of drug-likeness (QED) is 0.850. The summed E-state index contributed by atoms with van der Waals surface area (Å²) in [5, 5.41) is 12.4. The number of nitrogens with one attached hydrogen (secondary N) is 1. The van der Waals surface area contributed by atoms with Crippen molar-refractivity contribution in [2.45, 2.75) is 30.6 Å². The number of aliphatic hydroxyl groups is 1. The number of benzene rings is 1. The van der Waals surface area contributed by atoms with Crippen LogP contribution in [0, 0.1) is 0 Å². The normalized spacial score (nSPS) is 20.6. The van der Waals surface area contributed by atoms with E-state index in [1.165, 1.54) is 0 Å². The van der Waals surface area contributed by atoms with Gasteiger partial charge < -0.3 is 10.4 Å². The Kier molecular flexibility index (Phi) is 5.08. The van der Waals surface area contributed by atoms with Gasteiger partial charge >= 0.3 is 0 Å². The van der Waals surface area contributed by atoms with E-state index >= 15 is 0 Å². The molecule has 98 valence electrons. The van der Waals surface area contributed by atoms with Gasteiger partial charge in [-0.15, -0.1) is 11.8 Å². The Bertz CT molecular complexity index is 377. The first-order valence-corrected chi connectivity index (χ1v) is 7.41. The molecule has 1 saturated heterocycles. The second kappa shape index (κ2) is 6.81. The summed E-state index contributed by atoms with van der Waals surface area (Å²) < 4.78 is 0. The zero-order valence-corrected chi connectivity index (χ0v) is 11.2. The monoisotopic (exact) mass is 265 g/mol. The van der Waals surface area contributed by atoms with Crippen LogP contribution in [0.15, 0.2) is 30.3 Å². The molecule has 3 nitrogen and oxygen atoms in total. The molecule has 0 bridgehead atoms. The highest BCUT2D eigenvalue weighted by atomic mass is 32.2. The number of thioether (sulfide) groups is 1. The molecule has 0 aromatic heterocycles. The van der Waals surface area contributed by atoms with Gasteiger partial charge in [0.15, 0.2) is 0 Å². The molecule has 2 N–H and O–H groups in total. The number of aliphatic hydroxyl groups excluding tert-OH is 1. The first kappa shape index (κ1) is 13.4. The minimum atomic E-state index is -0.180. The molecular weight excluding hydrogens is 246 g/mol. The van der Waals surface area contributed by atoms with Gasteiger partial charge in [-0.25, -0.2) is 0 Å². The van der Waals surface area contributed by atoms with Gasteiger partial charge in [0.05, 0.1) is 17.9 Å². The van der Waals surface area contributed by atoms with Crippen LogP contribution in [0.5, 0.6) is 0 Å². The molecule has 2 rings (SSSR count). The van der Waals surface area contributed by atoms with Crippen LogP contribution in [0.4, 0.5) is 0 Å². The largest absolute Gasteiger partial charge is 0.394 e. The van der Waals surface area contributed by atoms with Crippen molar-refractivity contribution in [3.63, 3.8) is 0 Å². The topological polar surface area (TPSA) is 49.3 Å². The standard InChI is InChI=1S/C14H19NO2S/c16-10-12(9-11-5-2-1-3-6-11)15-14(17)13-7-4-8-18-13/h1-3,5-6,12-13,16H,4,7-10H2,(H,15,17). The zero-order chi connectivity index (χ0) is 12.8. The number of carbonyl (C=O) groups is 1. The SMILES string of the molecule is O=C(NC(CO)Cc1ccccc1)C1CCCS1. The van der Waals surface area contributed by atoms with Gasteiger partial charge in [-0.1, -0.05) is 30.3 Å². The van der Waals surface area contributed by atoms with Gasteiger partial charge in [0.1, 0.15) is 0 Å². The summed E-state index contributed by atoms with van der Waals surface area (Å²) in [5.41, 5.74) is 1.14. The van der Waals surface area contributed by atoms with E-state index in [0.29, 0.717) is 6.42 Å². The van der Waals surface area contributed by atoms with Crippen molar-refractivity contribution < 1.29 is 9.90 Å². The van der Waals surface area contributed by atoms with Crippen LogP contribution in [0.1, 0.15) is 18.4 Å². The summed E-state index contributed by atoms with van der Waals surface area (Å²) >= 11 is 1.72. The molecular formula is C14H19NO2S. The second-order valence-corrected chi connectivity index (χ2v) is 5.89. The molecule has 1 fully saturated rings. The molecule has 0 saturated carbocycles. The maximum Gasteiger partial charge on any atom is 0.233 e. The van der Waals surface area contributed by atoms with Gasteiger partial charge in [0.25, 0.3) is 0 Å². The predicted molar refractivity (Wildman–Crippen MR) is 74.6 cm³/mol. The van der Waals surface area contributed by atoms with Crippen LogP contribution in [0.3, 0.4) is 0 Å². The molecule has 2 unspecified atom stereocenters. The Morgan fingerprint density at radius 1 is 1.44 bits per heavy atom. The molecule has 1 aromatic rings. The highest BCUT2D eigenvalue weighted by Gasteiger charge is 2.25. The predicted octanol–water partition coefficient (Wildman–Crippen LogP) is 1.60. The fourth-order valence-corrected chi connectivity index (χ4v) is 3.31. The molecule has 1 aliphatic heterocycles. The number of carbonyl (C=O) groups excluding carboxylic acids is 1. The maximum atomic E-state index is 12.0. The fourth-order valence-electron chi connectivity index (χ4n) is 2.14. The summed E-state index contributed by atoms with van der Waals surface area (Å²) in [6.07, 6.45) is 2.76. The summed E-state index contributed by atoms with van der Waals surface area (Å²) in [6, 6.07) is 9.75. The van der Waals surface area contributed by atoms with Crippen LogP contribution in [-0.4, -0.2) is 34.7 Å². The number of rotatable bonds is 5. The van der Waals surface area contributed by atoms with Crippen LogP contribution < -0.4 is 5.32 Å². The van der Waals surface area contributed by atoms with Crippen LogP contribution in [0.25, 0.3) is 0 Å². The molecule has 0 spiro atoms. The minimum absolute atomic E-state index is 0.0159. The first-order valence-electron chi connectivity index (χ1n) is 6.36. The second-order valence-electron chi connectivity index (χ2n) is 4.58. The Balaban J connectivity index is 1.87. The number of hydrogen-bond acceptors (Lipinski definition) is 3. The van der Waals surface area contributed by atoms with Crippen molar-refractivity contribution in [1.82, 2.24) is 5.32 Å². The first-order chi connectivity index (χ1) is 8.79. The molecule has 18 heavy (non-hydrogen) atoms. The van der Waals surface area contributed by atoms with Gasteiger partial charge in [-0.3, -0.25) is 4.79 Å². The molecule has 2 atom stereocenters. The lowest BCUT2D eigenvalue weighted by Crippen LogP contribution is -2.42. The zero-order valence-electron chi connectivity index (χ0n) is 10.3. The van der Waals surface area contributed by atoms with E-state index < -0.39 is 0 Å². The van der Waals surface area contributed by atoms with Crippen LogP contribution >= 0.6 is 11.8 Å². The van der Waals surface area contributed by atoms with Crippen molar-refractivity contribution in [3.8, 4) is 0 Å². The maximum absolute atomic E-state index is 12.0. The fraction of sp³-hybridized carbons (Fsp3) is 0.500. The van der Waals surface area contributed by atoms with Crippen molar-refractivity contribution in [2.24, 2.45) is 0 Å². The highest BCUT2D eigenvalue weighted by molar-refractivity contribution is 8.00. The van der Waals surface area contributed by atoms with Gasteiger partial charge in [0, 0.05) is 0 Å². The van der Waals surface area contributed by atoms with Gasteiger partial charge in [-0.05, 0) is 30.6 Å². The van der Waals surface area contributed by atoms with Crippen molar-refractivity contribution in [2.75, 3.05) is 12.4 Å². The third-order valence-electron chi connectivity index (χ3n) is 3.11. The Morgan fingerprint density at radius 2 is 2.22 bits per heavy atom. The molecule has 4 heteroatoms. The molecule has 0 radical (unpaired) electrons. The lowest BCUT2D eigenvalue weighted by Gasteiger charge is -2.18. The third-order valence-corrected chi connectivity index (χ3v) is 4.49. The van der Waals surface area contributed by atoms with E-state index in [1.54, 1.807) is 11.8 Å². The molecule has 1 aromatic carbocycles. The van der Waals surface area contributed by atoms with Gasteiger partial charge in [-0.2, -0.15) is 0 Å². The van der Waals surface area contributed by atoms with Gasteiger partial charge in [0.2, 0.25) is 5.91 Å². The molecule has 1 aliphatic rings. The van der Waals surface area contributed by atoms with E-state index in [-0.39, 0.29) is 23.8 Å². The number of hydrogen-bond donors (Lipinski definition) is 2. The van der Waals surface area contributed by atoms with E-state index in [0.717, 1.165) is 24.2 Å². The average Bonchev–Trinajstić information content (AvgIpc) is 2.93. The minimum Gasteiger partial charge on any atom is -0.394 e. The van der Waals surface area contributed by atoms with E-state index in [2.05, 4.69) is 5.32 Å². The van der Waals surface area contributed by atoms with E-state index in [4.69, 9.17) is 0 Å². The van der Waals surface area contributed by atoms with Crippen LogP contribution in [-0.2, 0) is 11.2 Å².